The molecule has 6 rings (SSSR count). The fourth-order valence-corrected chi connectivity index (χ4v) is 4.77. The van der Waals surface area contributed by atoms with Gasteiger partial charge in [0.2, 0.25) is 0 Å². The zero-order valence-corrected chi connectivity index (χ0v) is 16.8. The van der Waals surface area contributed by atoms with E-state index in [9.17, 15) is 0 Å². The predicted molar refractivity (Wildman–Crippen MR) is 125 cm³/mol. The number of fused-ring (bicyclic) bond motifs is 6. The third-order valence-electron chi connectivity index (χ3n) is 6.32. The van der Waals surface area contributed by atoms with Crippen LogP contribution in [-0.2, 0) is 19.3 Å². The van der Waals surface area contributed by atoms with E-state index in [0.717, 1.165) is 30.8 Å². The molecule has 0 saturated carbocycles. The van der Waals surface area contributed by atoms with E-state index in [2.05, 4.69) is 97.1 Å². The monoisotopic (exact) mass is 386 g/mol. The van der Waals surface area contributed by atoms with Crippen LogP contribution in [0.3, 0.4) is 0 Å². The molecule has 1 heterocycles. The van der Waals surface area contributed by atoms with Crippen molar-refractivity contribution in [1.82, 2.24) is 0 Å². The zero-order chi connectivity index (χ0) is 19.9. The minimum absolute atomic E-state index is 0.908. The summed E-state index contributed by atoms with van der Waals surface area (Å²) >= 11 is 0. The summed E-state index contributed by atoms with van der Waals surface area (Å²) in [7, 11) is 0. The normalized spacial score (nSPS) is 12.4. The fraction of sp³-hybridized carbons (Fsp3) is 0.103. The molecule has 1 heteroatoms. The largest absolute Gasteiger partial charge is 0.457 e. The van der Waals surface area contributed by atoms with Gasteiger partial charge in [0, 0.05) is 17.5 Å². The van der Waals surface area contributed by atoms with Crippen molar-refractivity contribution in [3.8, 4) is 11.5 Å². The summed E-state index contributed by atoms with van der Waals surface area (Å²) in [5, 5.41) is 5.22. The van der Waals surface area contributed by atoms with Crippen molar-refractivity contribution in [3.05, 3.63) is 119 Å². The Bertz CT molecular complexity index is 1380. The number of hydrogen-bond acceptors (Lipinski definition) is 1. The second kappa shape index (κ2) is 7.03. The lowest BCUT2D eigenvalue weighted by atomic mass is 9.90. The Hall–Kier alpha value is -3.58. The van der Waals surface area contributed by atoms with Crippen LogP contribution >= 0.6 is 0 Å². The second-order valence-electron chi connectivity index (χ2n) is 8.08. The molecular formula is C29H22O. The van der Waals surface area contributed by atoms with E-state index in [-0.39, 0.29) is 0 Å². The van der Waals surface area contributed by atoms with Gasteiger partial charge in [-0.2, -0.15) is 0 Å². The first-order valence-electron chi connectivity index (χ1n) is 10.6. The van der Waals surface area contributed by atoms with Gasteiger partial charge in [0.1, 0.15) is 11.5 Å². The molecule has 0 atom stereocenters. The van der Waals surface area contributed by atoms with E-state index in [1.807, 2.05) is 0 Å². The van der Waals surface area contributed by atoms with E-state index in [1.54, 1.807) is 0 Å². The van der Waals surface area contributed by atoms with Crippen LogP contribution in [0.15, 0.2) is 97.1 Å². The van der Waals surface area contributed by atoms with Crippen molar-refractivity contribution in [3.63, 3.8) is 0 Å². The standard InChI is InChI=1S/C29H22O/c1-2-7-20(8-3-1)13-14-22-10-6-12-25-24(22)16-18-29-27(25)19-26-23-11-5-4-9-21(23)15-17-28(26)30-29/h1-12,15-18H,13-14,19H2. The van der Waals surface area contributed by atoms with Gasteiger partial charge < -0.3 is 4.74 Å². The zero-order valence-electron chi connectivity index (χ0n) is 16.8. The Labute approximate surface area is 176 Å². The summed E-state index contributed by atoms with van der Waals surface area (Å²) in [6.45, 7) is 0. The summed E-state index contributed by atoms with van der Waals surface area (Å²) in [6, 6.07) is 34.7. The van der Waals surface area contributed by atoms with Crippen LogP contribution in [0, 0.1) is 0 Å². The summed E-state index contributed by atoms with van der Waals surface area (Å²) in [5.74, 6) is 1.98. The average Bonchev–Trinajstić information content (AvgIpc) is 2.82. The highest BCUT2D eigenvalue weighted by molar-refractivity contribution is 5.94. The first-order valence-corrected chi connectivity index (χ1v) is 10.6. The summed E-state index contributed by atoms with van der Waals surface area (Å²) in [5.41, 5.74) is 5.39. The van der Waals surface area contributed by atoms with Crippen molar-refractivity contribution in [2.45, 2.75) is 19.3 Å². The molecule has 0 bridgehead atoms. The number of ether oxygens (including phenoxy) is 1. The molecule has 1 aliphatic heterocycles. The molecule has 0 aliphatic carbocycles. The van der Waals surface area contributed by atoms with E-state index in [1.165, 1.54) is 43.8 Å². The first kappa shape index (κ1) is 17.3. The van der Waals surface area contributed by atoms with Crippen LogP contribution in [0.1, 0.15) is 22.3 Å². The summed E-state index contributed by atoms with van der Waals surface area (Å²) in [6.07, 6.45) is 3.01. The minimum Gasteiger partial charge on any atom is -0.457 e. The molecule has 0 saturated heterocycles. The molecule has 0 amide bonds. The maximum Gasteiger partial charge on any atom is 0.131 e. The molecule has 1 nitrogen and oxygen atoms in total. The quantitative estimate of drug-likeness (QED) is 0.306. The molecule has 144 valence electrons. The molecule has 0 unspecified atom stereocenters. The van der Waals surface area contributed by atoms with Crippen LogP contribution in [0.2, 0.25) is 0 Å². The number of hydrogen-bond donors (Lipinski definition) is 0. The van der Waals surface area contributed by atoms with Crippen molar-refractivity contribution < 1.29 is 4.74 Å². The summed E-state index contributed by atoms with van der Waals surface area (Å²) in [4.78, 5) is 0. The molecule has 5 aromatic rings. The van der Waals surface area contributed by atoms with E-state index >= 15 is 0 Å². The lowest BCUT2D eigenvalue weighted by molar-refractivity contribution is 0.463. The highest BCUT2D eigenvalue weighted by Gasteiger charge is 2.21. The van der Waals surface area contributed by atoms with Crippen LogP contribution in [0.5, 0.6) is 11.5 Å². The van der Waals surface area contributed by atoms with E-state index in [4.69, 9.17) is 4.74 Å². The van der Waals surface area contributed by atoms with Gasteiger partial charge in [0.05, 0.1) is 0 Å². The topological polar surface area (TPSA) is 9.23 Å². The maximum atomic E-state index is 6.36. The van der Waals surface area contributed by atoms with Gasteiger partial charge in [-0.25, -0.2) is 0 Å². The van der Waals surface area contributed by atoms with Gasteiger partial charge in [-0.15, -0.1) is 0 Å². The van der Waals surface area contributed by atoms with Crippen LogP contribution < -0.4 is 4.74 Å². The second-order valence-corrected chi connectivity index (χ2v) is 8.08. The molecule has 0 fully saturated rings. The van der Waals surface area contributed by atoms with Crippen molar-refractivity contribution in [2.24, 2.45) is 0 Å². The Balaban J connectivity index is 1.43. The Morgan fingerprint density at radius 3 is 2.17 bits per heavy atom. The van der Waals surface area contributed by atoms with E-state index < -0.39 is 0 Å². The van der Waals surface area contributed by atoms with Crippen molar-refractivity contribution >= 4 is 21.5 Å². The fourth-order valence-electron chi connectivity index (χ4n) is 4.77. The minimum atomic E-state index is 0.908. The van der Waals surface area contributed by atoms with Gasteiger partial charge in [-0.1, -0.05) is 84.9 Å². The molecule has 5 aromatic carbocycles. The summed E-state index contributed by atoms with van der Waals surface area (Å²) < 4.78 is 6.36. The van der Waals surface area contributed by atoms with Crippen LogP contribution in [-0.4, -0.2) is 0 Å². The molecule has 0 aromatic heterocycles. The van der Waals surface area contributed by atoms with Gasteiger partial charge >= 0.3 is 0 Å². The molecule has 0 spiro atoms. The Morgan fingerprint density at radius 1 is 0.533 bits per heavy atom. The van der Waals surface area contributed by atoms with E-state index in [0.29, 0.717) is 0 Å². The lowest BCUT2D eigenvalue weighted by Crippen LogP contribution is -2.05. The number of aryl methyl sites for hydroxylation is 2. The van der Waals surface area contributed by atoms with Gasteiger partial charge in [0.15, 0.2) is 0 Å². The highest BCUT2D eigenvalue weighted by atomic mass is 16.5. The Morgan fingerprint density at radius 2 is 1.27 bits per heavy atom. The van der Waals surface area contributed by atoms with Crippen LogP contribution in [0.4, 0.5) is 0 Å². The average molecular weight is 386 g/mol. The van der Waals surface area contributed by atoms with Crippen molar-refractivity contribution in [1.29, 1.82) is 0 Å². The highest BCUT2D eigenvalue weighted by Crippen LogP contribution is 2.43. The number of benzene rings is 5. The third-order valence-corrected chi connectivity index (χ3v) is 6.32. The van der Waals surface area contributed by atoms with Crippen LogP contribution in [0.25, 0.3) is 21.5 Å². The molecule has 0 N–H and O–H groups in total. The van der Waals surface area contributed by atoms with Gasteiger partial charge in [-0.05, 0) is 57.6 Å². The molecule has 0 radical (unpaired) electrons. The Kier molecular flexibility index (Phi) is 4.06. The van der Waals surface area contributed by atoms with Gasteiger partial charge in [-0.3, -0.25) is 0 Å². The maximum absolute atomic E-state index is 6.36. The number of rotatable bonds is 3. The SMILES string of the molecule is c1ccc(CCc2cccc3c4c(ccc23)Oc2ccc3ccccc3c2C4)cc1. The van der Waals surface area contributed by atoms with Crippen molar-refractivity contribution in [2.75, 3.05) is 0 Å². The third kappa shape index (κ3) is 2.86. The first-order chi connectivity index (χ1) is 14.9. The lowest BCUT2D eigenvalue weighted by Gasteiger charge is -2.23. The smallest absolute Gasteiger partial charge is 0.131 e. The predicted octanol–water partition coefficient (Wildman–Crippen LogP) is 7.47. The molecule has 30 heavy (non-hydrogen) atoms. The van der Waals surface area contributed by atoms with Gasteiger partial charge in [0.25, 0.3) is 0 Å². The molecule has 1 aliphatic rings. The molecular weight excluding hydrogens is 364 g/mol.